The molecule has 0 heterocycles. The maximum atomic E-state index is 11.5. The average molecular weight is 294 g/mol. The summed E-state index contributed by atoms with van der Waals surface area (Å²) in [4.78, 5) is 11.5. The van der Waals surface area contributed by atoms with Gasteiger partial charge in [-0.2, -0.15) is 0 Å². The molecule has 0 bridgehead atoms. The van der Waals surface area contributed by atoms with Crippen LogP contribution in [0.4, 0.5) is 0 Å². The van der Waals surface area contributed by atoms with Crippen LogP contribution in [0.1, 0.15) is 62.2 Å². The van der Waals surface area contributed by atoms with E-state index in [1.165, 1.54) is 51.3 Å². The van der Waals surface area contributed by atoms with E-state index in [-0.39, 0.29) is 11.3 Å². The van der Waals surface area contributed by atoms with Gasteiger partial charge in [0.25, 0.3) is 0 Å². The van der Waals surface area contributed by atoms with Crippen LogP contribution >= 0.6 is 0 Å². The third-order valence-electron chi connectivity index (χ3n) is 3.39. The van der Waals surface area contributed by atoms with Crippen LogP contribution in [0.5, 0.6) is 11.5 Å². The molecule has 1 rings (SSSR count). The number of ether oxygens (including phenoxy) is 2. The molecule has 0 atom stereocenters. The van der Waals surface area contributed by atoms with Crippen molar-refractivity contribution in [2.75, 3.05) is 13.7 Å². The number of unbranched alkanes of at least 4 members (excludes halogenated alkanes) is 6. The fraction of sp³-hybridized carbons (Fsp3) is 0.588. The SMILES string of the molecule is CCCCCCCCCOc1ccc(O)c(C(=O)OC)c1. The van der Waals surface area contributed by atoms with Gasteiger partial charge in [0, 0.05) is 0 Å². The van der Waals surface area contributed by atoms with Crippen molar-refractivity contribution in [2.45, 2.75) is 51.9 Å². The molecular weight excluding hydrogens is 268 g/mol. The Morgan fingerprint density at radius 1 is 1.10 bits per heavy atom. The molecule has 0 unspecified atom stereocenters. The molecule has 0 aliphatic carbocycles. The molecule has 0 aliphatic heterocycles. The molecule has 0 spiro atoms. The molecule has 118 valence electrons. The van der Waals surface area contributed by atoms with Crippen LogP contribution in [0, 0.1) is 0 Å². The number of methoxy groups -OCH3 is 1. The van der Waals surface area contributed by atoms with Gasteiger partial charge in [0.05, 0.1) is 13.7 Å². The fourth-order valence-corrected chi connectivity index (χ4v) is 2.13. The molecule has 0 radical (unpaired) electrons. The van der Waals surface area contributed by atoms with Gasteiger partial charge in [0.1, 0.15) is 17.1 Å². The molecule has 1 aromatic carbocycles. The Bertz CT molecular complexity index is 429. The number of aromatic hydroxyl groups is 1. The summed E-state index contributed by atoms with van der Waals surface area (Å²) in [6, 6.07) is 4.62. The van der Waals surface area contributed by atoms with E-state index in [0.29, 0.717) is 12.4 Å². The van der Waals surface area contributed by atoms with Crippen LogP contribution in [-0.4, -0.2) is 24.8 Å². The maximum absolute atomic E-state index is 11.5. The average Bonchev–Trinajstić information content (AvgIpc) is 2.50. The molecule has 0 saturated heterocycles. The van der Waals surface area contributed by atoms with Crippen molar-refractivity contribution < 1.29 is 19.4 Å². The van der Waals surface area contributed by atoms with E-state index < -0.39 is 5.97 Å². The van der Waals surface area contributed by atoms with Gasteiger partial charge in [-0.1, -0.05) is 45.4 Å². The van der Waals surface area contributed by atoms with Crippen LogP contribution in [0.3, 0.4) is 0 Å². The summed E-state index contributed by atoms with van der Waals surface area (Å²) in [5.74, 6) is -0.0711. The van der Waals surface area contributed by atoms with Crippen molar-refractivity contribution in [3.05, 3.63) is 23.8 Å². The first-order chi connectivity index (χ1) is 10.2. The molecule has 0 saturated carbocycles. The number of carbonyl (C=O) groups is 1. The number of phenols is 1. The summed E-state index contributed by atoms with van der Waals surface area (Å²) in [6.07, 6.45) is 8.60. The number of hydrogen-bond donors (Lipinski definition) is 1. The van der Waals surface area contributed by atoms with Crippen molar-refractivity contribution in [1.29, 1.82) is 0 Å². The summed E-state index contributed by atoms with van der Waals surface area (Å²) < 4.78 is 10.2. The third kappa shape index (κ3) is 6.52. The van der Waals surface area contributed by atoms with Gasteiger partial charge in [-0.25, -0.2) is 4.79 Å². The second-order valence-electron chi connectivity index (χ2n) is 5.14. The highest BCUT2D eigenvalue weighted by Gasteiger charge is 2.12. The summed E-state index contributed by atoms with van der Waals surface area (Å²) in [7, 11) is 1.29. The Kier molecular flexibility index (Phi) is 8.32. The van der Waals surface area contributed by atoms with Crippen molar-refractivity contribution >= 4 is 5.97 Å². The first-order valence-corrected chi connectivity index (χ1v) is 7.73. The molecule has 21 heavy (non-hydrogen) atoms. The van der Waals surface area contributed by atoms with Crippen LogP contribution in [0.25, 0.3) is 0 Å². The number of rotatable bonds is 10. The predicted octanol–water partition coefficient (Wildman–Crippen LogP) is 4.31. The number of phenolic OH excluding ortho intramolecular Hbond substituents is 1. The van der Waals surface area contributed by atoms with E-state index in [0.717, 1.165) is 12.8 Å². The van der Waals surface area contributed by atoms with E-state index in [1.807, 2.05) is 0 Å². The van der Waals surface area contributed by atoms with Crippen molar-refractivity contribution in [3.63, 3.8) is 0 Å². The molecular formula is C17H26O4. The highest BCUT2D eigenvalue weighted by Crippen LogP contribution is 2.24. The molecule has 0 aromatic heterocycles. The zero-order valence-corrected chi connectivity index (χ0v) is 13.1. The van der Waals surface area contributed by atoms with Crippen molar-refractivity contribution in [2.24, 2.45) is 0 Å². The highest BCUT2D eigenvalue weighted by atomic mass is 16.5. The Morgan fingerprint density at radius 2 is 1.76 bits per heavy atom. The lowest BCUT2D eigenvalue weighted by molar-refractivity contribution is 0.0597. The standard InChI is InChI=1S/C17H26O4/c1-3-4-5-6-7-8-9-12-21-14-10-11-16(18)15(13-14)17(19)20-2/h10-11,13,18H,3-9,12H2,1-2H3. The molecule has 0 amide bonds. The van der Waals surface area contributed by atoms with Gasteiger partial charge in [0.15, 0.2) is 0 Å². The number of carbonyl (C=O) groups excluding carboxylic acids is 1. The van der Waals surface area contributed by atoms with Gasteiger partial charge >= 0.3 is 5.97 Å². The Hall–Kier alpha value is -1.71. The summed E-state index contributed by atoms with van der Waals surface area (Å²) in [5.41, 5.74) is 0.134. The van der Waals surface area contributed by atoms with Crippen LogP contribution in [-0.2, 0) is 4.74 Å². The van der Waals surface area contributed by atoms with Gasteiger partial charge in [-0.15, -0.1) is 0 Å². The number of hydrogen-bond acceptors (Lipinski definition) is 4. The van der Waals surface area contributed by atoms with E-state index in [2.05, 4.69) is 11.7 Å². The minimum absolute atomic E-state index is 0.0925. The lowest BCUT2D eigenvalue weighted by Gasteiger charge is -2.08. The maximum Gasteiger partial charge on any atom is 0.341 e. The van der Waals surface area contributed by atoms with Crippen LogP contribution in [0.15, 0.2) is 18.2 Å². The number of benzene rings is 1. The zero-order valence-electron chi connectivity index (χ0n) is 13.1. The Balaban J connectivity index is 2.28. The predicted molar refractivity (Wildman–Crippen MR) is 82.9 cm³/mol. The summed E-state index contributed by atoms with van der Waals surface area (Å²) in [6.45, 7) is 2.84. The third-order valence-corrected chi connectivity index (χ3v) is 3.39. The molecule has 1 N–H and O–H groups in total. The molecule has 4 nitrogen and oxygen atoms in total. The van der Waals surface area contributed by atoms with Crippen LogP contribution < -0.4 is 4.74 Å². The topological polar surface area (TPSA) is 55.8 Å². The first kappa shape index (κ1) is 17.3. The molecule has 4 heteroatoms. The van der Waals surface area contributed by atoms with E-state index >= 15 is 0 Å². The minimum atomic E-state index is -0.561. The van der Waals surface area contributed by atoms with Gasteiger partial charge in [0.2, 0.25) is 0 Å². The highest BCUT2D eigenvalue weighted by molar-refractivity contribution is 5.92. The molecule has 1 aromatic rings. The Morgan fingerprint density at radius 3 is 2.43 bits per heavy atom. The lowest BCUT2D eigenvalue weighted by atomic mass is 10.1. The van der Waals surface area contributed by atoms with Gasteiger partial charge in [-0.05, 0) is 24.6 Å². The summed E-state index contributed by atoms with van der Waals surface area (Å²) in [5, 5.41) is 9.59. The largest absolute Gasteiger partial charge is 0.507 e. The quantitative estimate of drug-likeness (QED) is 0.516. The van der Waals surface area contributed by atoms with Gasteiger partial charge < -0.3 is 14.6 Å². The van der Waals surface area contributed by atoms with E-state index in [4.69, 9.17) is 4.74 Å². The molecule has 0 aliphatic rings. The Labute approximate surface area is 127 Å². The van der Waals surface area contributed by atoms with E-state index in [9.17, 15) is 9.90 Å². The number of esters is 1. The normalized spacial score (nSPS) is 10.4. The monoisotopic (exact) mass is 294 g/mol. The van der Waals surface area contributed by atoms with Crippen molar-refractivity contribution in [3.8, 4) is 11.5 Å². The van der Waals surface area contributed by atoms with E-state index in [1.54, 1.807) is 6.07 Å². The fourth-order valence-electron chi connectivity index (χ4n) is 2.13. The lowest BCUT2D eigenvalue weighted by Crippen LogP contribution is -2.03. The molecule has 0 fully saturated rings. The first-order valence-electron chi connectivity index (χ1n) is 7.73. The smallest absolute Gasteiger partial charge is 0.341 e. The minimum Gasteiger partial charge on any atom is -0.507 e. The van der Waals surface area contributed by atoms with Crippen molar-refractivity contribution in [1.82, 2.24) is 0 Å². The second-order valence-corrected chi connectivity index (χ2v) is 5.14. The van der Waals surface area contributed by atoms with Crippen LogP contribution in [0.2, 0.25) is 0 Å². The second kappa shape index (κ2) is 10.1. The zero-order chi connectivity index (χ0) is 15.5. The summed E-state index contributed by atoms with van der Waals surface area (Å²) >= 11 is 0. The van der Waals surface area contributed by atoms with Gasteiger partial charge in [-0.3, -0.25) is 0 Å².